The minimum atomic E-state index is -0.491. The number of nitrogens with zero attached hydrogens (tertiary/aromatic N) is 1. The molecule has 0 fully saturated rings. The number of carbonyl (C=O) groups excluding carboxylic acids is 2. The largest absolute Gasteiger partial charge is 0.350 e. The molecule has 5 heteroatoms. The van der Waals surface area contributed by atoms with Gasteiger partial charge < -0.3 is 10.2 Å². The monoisotopic (exact) mass is 426 g/mol. The Morgan fingerprint density at radius 1 is 1.03 bits per heavy atom. The minimum absolute atomic E-state index is 0.00616. The van der Waals surface area contributed by atoms with E-state index in [1.54, 1.807) is 16.7 Å². The van der Waals surface area contributed by atoms with Crippen LogP contribution < -0.4 is 5.32 Å². The van der Waals surface area contributed by atoms with Gasteiger partial charge >= 0.3 is 0 Å². The predicted octanol–water partition coefficient (Wildman–Crippen LogP) is 4.95. The third kappa shape index (κ3) is 7.86. The molecule has 0 aliphatic carbocycles. The van der Waals surface area contributed by atoms with E-state index in [1.165, 1.54) is 5.56 Å². The summed E-state index contributed by atoms with van der Waals surface area (Å²) in [6.07, 6.45) is 0.572. The van der Waals surface area contributed by atoms with Gasteiger partial charge in [-0.15, -0.1) is 11.8 Å². The molecule has 2 rings (SSSR count). The van der Waals surface area contributed by atoms with E-state index >= 15 is 0 Å². The molecule has 0 aliphatic rings. The number of rotatable bonds is 9. The average molecular weight is 427 g/mol. The highest BCUT2D eigenvalue weighted by Gasteiger charge is 2.30. The maximum Gasteiger partial charge on any atom is 0.243 e. The van der Waals surface area contributed by atoms with E-state index in [9.17, 15) is 9.59 Å². The Labute approximate surface area is 185 Å². The van der Waals surface area contributed by atoms with Crippen molar-refractivity contribution in [3.05, 3.63) is 71.3 Å². The highest BCUT2D eigenvalue weighted by molar-refractivity contribution is 7.99. The molecule has 0 aliphatic heterocycles. The van der Waals surface area contributed by atoms with Crippen LogP contribution in [0.5, 0.6) is 0 Å². The molecule has 0 spiro atoms. The molecule has 30 heavy (non-hydrogen) atoms. The van der Waals surface area contributed by atoms with E-state index in [1.807, 2.05) is 71.0 Å². The summed E-state index contributed by atoms with van der Waals surface area (Å²) < 4.78 is 0. The molecular formula is C25H34N2O2S. The number of benzene rings is 2. The number of hydrogen-bond donors (Lipinski definition) is 1. The number of amides is 2. The Morgan fingerprint density at radius 3 is 2.30 bits per heavy atom. The third-order valence-corrected chi connectivity index (χ3v) is 5.65. The minimum Gasteiger partial charge on any atom is -0.350 e. The fourth-order valence-corrected chi connectivity index (χ4v) is 4.16. The van der Waals surface area contributed by atoms with Crippen molar-refractivity contribution >= 4 is 23.6 Å². The van der Waals surface area contributed by atoms with E-state index in [2.05, 4.69) is 23.5 Å². The van der Waals surface area contributed by atoms with Gasteiger partial charge in [-0.2, -0.15) is 0 Å². The second kappa shape index (κ2) is 11.2. The van der Waals surface area contributed by atoms with E-state index in [-0.39, 0.29) is 17.4 Å². The molecule has 0 saturated heterocycles. The van der Waals surface area contributed by atoms with Gasteiger partial charge in [-0.1, -0.05) is 67.1 Å². The van der Waals surface area contributed by atoms with Crippen LogP contribution in [0.3, 0.4) is 0 Å². The Bertz CT molecular complexity index is 831. The fourth-order valence-electron chi connectivity index (χ4n) is 3.29. The first-order valence-corrected chi connectivity index (χ1v) is 11.6. The van der Waals surface area contributed by atoms with Crippen molar-refractivity contribution in [1.29, 1.82) is 0 Å². The molecule has 162 valence electrons. The van der Waals surface area contributed by atoms with Gasteiger partial charge in [0.25, 0.3) is 0 Å². The highest BCUT2D eigenvalue weighted by Crippen LogP contribution is 2.18. The lowest BCUT2D eigenvalue weighted by molar-refractivity contribution is -0.140. The molecule has 0 saturated carbocycles. The van der Waals surface area contributed by atoms with Crippen molar-refractivity contribution in [1.82, 2.24) is 10.2 Å². The molecule has 0 aromatic heterocycles. The second-order valence-electron chi connectivity index (χ2n) is 8.65. The zero-order valence-electron chi connectivity index (χ0n) is 18.8. The normalized spacial score (nSPS) is 12.3. The molecule has 0 bridgehead atoms. The van der Waals surface area contributed by atoms with E-state index in [0.717, 1.165) is 16.9 Å². The van der Waals surface area contributed by atoms with Gasteiger partial charge in [0.05, 0.1) is 5.75 Å². The van der Waals surface area contributed by atoms with Crippen molar-refractivity contribution in [3.8, 4) is 0 Å². The molecule has 2 aromatic rings. The Kier molecular flexibility index (Phi) is 8.97. The summed E-state index contributed by atoms with van der Waals surface area (Å²) in [5.41, 5.74) is 3.03. The van der Waals surface area contributed by atoms with Crippen LogP contribution in [0.25, 0.3) is 0 Å². The summed E-state index contributed by atoms with van der Waals surface area (Å²) in [6.45, 7) is 10.3. The summed E-state index contributed by atoms with van der Waals surface area (Å²) >= 11 is 1.59. The first kappa shape index (κ1) is 24.0. The lowest BCUT2D eigenvalue weighted by atomic mass is 10.1. The molecule has 2 amide bonds. The average Bonchev–Trinajstić information content (AvgIpc) is 2.67. The Hall–Kier alpha value is -2.27. The lowest BCUT2D eigenvalue weighted by Gasteiger charge is -2.33. The zero-order chi connectivity index (χ0) is 22.1. The highest BCUT2D eigenvalue weighted by atomic mass is 32.2. The quantitative estimate of drug-likeness (QED) is 0.617. The van der Waals surface area contributed by atoms with Crippen molar-refractivity contribution in [2.24, 2.45) is 0 Å². The van der Waals surface area contributed by atoms with Crippen molar-refractivity contribution in [2.75, 3.05) is 5.75 Å². The van der Waals surface area contributed by atoms with Crippen molar-refractivity contribution < 1.29 is 9.59 Å². The second-order valence-corrected chi connectivity index (χ2v) is 9.64. The maximum absolute atomic E-state index is 13.2. The van der Waals surface area contributed by atoms with Gasteiger partial charge in [0.2, 0.25) is 11.8 Å². The maximum atomic E-state index is 13.2. The number of hydrogen-bond acceptors (Lipinski definition) is 3. The molecule has 1 atom stereocenters. The lowest BCUT2D eigenvalue weighted by Crippen LogP contribution is -2.53. The molecule has 2 aromatic carbocycles. The first-order chi connectivity index (χ1) is 14.2. The number of aryl methyl sites for hydroxylation is 1. The molecule has 4 nitrogen and oxygen atoms in total. The molecule has 0 heterocycles. The Morgan fingerprint density at radius 2 is 1.70 bits per heavy atom. The molecule has 1 N–H and O–H groups in total. The van der Waals surface area contributed by atoms with Gasteiger partial charge in [0.1, 0.15) is 6.04 Å². The van der Waals surface area contributed by atoms with E-state index in [4.69, 9.17) is 0 Å². The van der Waals surface area contributed by atoms with Gasteiger partial charge in [-0.05, 0) is 45.2 Å². The van der Waals surface area contributed by atoms with Crippen LogP contribution in [0.2, 0.25) is 0 Å². The third-order valence-electron chi connectivity index (χ3n) is 4.66. The number of nitrogens with one attached hydrogen (secondary N) is 1. The molecule has 0 radical (unpaired) electrons. The topological polar surface area (TPSA) is 49.4 Å². The summed E-state index contributed by atoms with van der Waals surface area (Å²) in [6, 6.07) is 17.8. The van der Waals surface area contributed by atoms with Gasteiger partial charge in [-0.3, -0.25) is 9.59 Å². The van der Waals surface area contributed by atoms with Gasteiger partial charge in [0, 0.05) is 17.8 Å². The van der Waals surface area contributed by atoms with Crippen LogP contribution in [-0.2, 0) is 21.9 Å². The number of carbonyl (C=O) groups is 2. The van der Waals surface area contributed by atoms with Crippen LogP contribution in [0.1, 0.15) is 50.8 Å². The van der Waals surface area contributed by atoms with E-state index < -0.39 is 6.04 Å². The summed E-state index contributed by atoms with van der Waals surface area (Å²) in [7, 11) is 0. The predicted molar refractivity (Wildman–Crippen MR) is 126 cm³/mol. The fraction of sp³-hybridized carbons (Fsp3) is 0.440. The molecular weight excluding hydrogens is 392 g/mol. The SMILES string of the molecule is CC[C@@H](C(=O)NC(C)(C)C)N(Cc1cccc(C)c1)C(=O)CSCc1ccccc1. The van der Waals surface area contributed by atoms with Crippen LogP contribution in [-0.4, -0.2) is 34.0 Å². The van der Waals surface area contributed by atoms with Gasteiger partial charge in [-0.25, -0.2) is 0 Å². The Balaban J connectivity index is 2.15. The van der Waals surface area contributed by atoms with Crippen LogP contribution in [0.4, 0.5) is 0 Å². The van der Waals surface area contributed by atoms with Crippen molar-refractivity contribution in [3.63, 3.8) is 0 Å². The van der Waals surface area contributed by atoms with Crippen molar-refractivity contribution in [2.45, 2.75) is 64.9 Å². The van der Waals surface area contributed by atoms with Gasteiger partial charge in [0.15, 0.2) is 0 Å². The first-order valence-electron chi connectivity index (χ1n) is 10.5. The standard InChI is InChI=1S/C25H34N2O2S/c1-6-22(24(29)26-25(3,4)5)27(16-21-14-10-11-19(2)15-21)23(28)18-30-17-20-12-8-7-9-13-20/h7-15,22H,6,16-18H2,1-5H3,(H,26,29)/t22-/m0/s1. The summed E-state index contributed by atoms with van der Waals surface area (Å²) in [5.74, 6) is 1.02. The van der Waals surface area contributed by atoms with Crippen LogP contribution >= 0.6 is 11.8 Å². The van der Waals surface area contributed by atoms with Crippen LogP contribution in [0.15, 0.2) is 54.6 Å². The zero-order valence-corrected chi connectivity index (χ0v) is 19.6. The smallest absolute Gasteiger partial charge is 0.243 e. The summed E-state index contributed by atoms with van der Waals surface area (Å²) in [4.78, 5) is 27.9. The van der Waals surface area contributed by atoms with Crippen LogP contribution in [0, 0.1) is 6.92 Å². The van der Waals surface area contributed by atoms with E-state index in [0.29, 0.717) is 18.7 Å². The molecule has 0 unspecified atom stereocenters. The number of thioether (sulfide) groups is 1. The summed E-state index contributed by atoms with van der Waals surface area (Å²) in [5, 5.41) is 3.04.